The molecule has 0 unspecified atom stereocenters. The van der Waals surface area contributed by atoms with Gasteiger partial charge in [0.1, 0.15) is 12.3 Å². The highest BCUT2D eigenvalue weighted by molar-refractivity contribution is 8.18. The molecule has 0 aliphatic carbocycles. The van der Waals surface area contributed by atoms with Crippen LogP contribution in [-0.2, 0) is 16.1 Å². The fourth-order valence-corrected chi connectivity index (χ4v) is 3.48. The molecule has 28 heavy (non-hydrogen) atoms. The van der Waals surface area contributed by atoms with Gasteiger partial charge in [-0.1, -0.05) is 11.6 Å². The van der Waals surface area contributed by atoms with Crippen molar-refractivity contribution in [3.05, 3.63) is 51.8 Å². The van der Waals surface area contributed by atoms with E-state index in [9.17, 15) is 19.5 Å². The first-order valence-corrected chi connectivity index (χ1v) is 9.19. The number of aromatic hydroxyl groups is 1. The Balaban J connectivity index is 1.70. The average molecular weight is 423 g/mol. The molecule has 0 bridgehead atoms. The third-order valence-corrected chi connectivity index (χ3v) is 4.98. The summed E-state index contributed by atoms with van der Waals surface area (Å²) in [4.78, 5) is 37.6. The predicted octanol–water partition coefficient (Wildman–Crippen LogP) is 3.00. The van der Waals surface area contributed by atoms with Crippen LogP contribution in [0.5, 0.6) is 11.5 Å². The Hall–Kier alpha value is -2.91. The number of carbonyl (C=O) groups excluding carboxylic acids is 3. The Kier molecular flexibility index (Phi) is 5.96. The lowest BCUT2D eigenvalue weighted by molar-refractivity contribution is -0.129. The molecule has 1 fully saturated rings. The number of thioether (sulfide) groups is 1. The quantitative estimate of drug-likeness (QED) is 0.688. The molecule has 2 N–H and O–H groups in total. The van der Waals surface area contributed by atoms with E-state index in [0.29, 0.717) is 23.1 Å². The first-order valence-electron chi connectivity index (χ1n) is 8.00. The predicted molar refractivity (Wildman–Crippen MR) is 103 cm³/mol. The summed E-state index contributed by atoms with van der Waals surface area (Å²) in [6, 6.07) is 6.29. The number of furan rings is 1. The van der Waals surface area contributed by atoms with Crippen molar-refractivity contribution in [1.29, 1.82) is 0 Å². The monoisotopic (exact) mass is 422 g/mol. The normalized spacial score (nSPS) is 15.4. The van der Waals surface area contributed by atoms with Crippen LogP contribution in [0.3, 0.4) is 0 Å². The molecule has 2 heterocycles. The molecule has 146 valence electrons. The van der Waals surface area contributed by atoms with Crippen LogP contribution in [0.4, 0.5) is 4.79 Å². The summed E-state index contributed by atoms with van der Waals surface area (Å²) in [6.45, 7) is -0.244. The molecule has 0 atom stereocenters. The molecule has 1 aromatic carbocycles. The van der Waals surface area contributed by atoms with Crippen molar-refractivity contribution in [1.82, 2.24) is 10.2 Å². The van der Waals surface area contributed by atoms with E-state index in [1.165, 1.54) is 31.6 Å². The maximum Gasteiger partial charge on any atom is 0.294 e. The van der Waals surface area contributed by atoms with Crippen LogP contribution in [0.1, 0.15) is 11.3 Å². The summed E-state index contributed by atoms with van der Waals surface area (Å²) in [5.41, 5.74) is 0.465. The summed E-state index contributed by atoms with van der Waals surface area (Å²) >= 11 is 6.65. The van der Waals surface area contributed by atoms with E-state index in [4.69, 9.17) is 20.8 Å². The van der Waals surface area contributed by atoms with Crippen molar-refractivity contribution in [2.75, 3.05) is 13.7 Å². The number of phenols is 1. The van der Waals surface area contributed by atoms with Gasteiger partial charge in [0.05, 0.1) is 29.8 Å². The zero-order valence-electron chi connectivity index (χ0n) is 14.6. The highest BCUT2D eigenvalue weighted by Gasteiger charge is 2.36. The fourth-order valence-electron chi connectivity index (χ4n) is 2.42. The van der Waals surface area contributed by atoms with Gasteiger partial charge in [0.15, 0.2) is 11.5 Å². The number of hydrogen-bond donors (Lipinski definition) is 2. The van der Waals surface area contributed by atoms with E-state index < -0.39 is 23.6 Å². The Morgan fingerprint density at radius 3 is 2.89 bits per heavy atom. The van der Waals surface area contributed by atoms with Crippen molar-refractivity contribution < 1.29 is 28.6 Å². The molecule has 0 spiro atoms. The number of amides is 3. The van der Waals surface area contributed by atoms with Gasteiger partial charge >= 0.3 is 0 Å². The van der Waals surface area contributed by atoms with Gasteiger partial charge in [-0.2, -0.15) is 0 Å². The summed E-state index contributed by atoms with van der Waals surface area (Å²) in [6.07, 6.45) is 2.92. The lowest BCUT2D eigenvalue weighted by Gasteiger charge is -2.11. The number of carbonyl (C=O) groups is 3. The summed E-state index contributed by atoms with van der Waals surface area (Å²) in [7, 11) is 1.37. The minimum Gasteiger partial charge on any atom is -0.503 e. The Morgan fingerprint density at radius 1 is 1.43 bits per heavy atom. The van der Waals surface area contributed by atoms with Gasteiger partial charge in [0.25, 0.3) is 11.1 Å². The van der Waals surface area contributed by atoms with Crippen molar-refractivity contribution >= 4 is 46.5 Å². The third kappa shape index (κ3) is 4.32. The van der Waals surface area contributed by atoms with Crippen molar-refractivity contribution in [3.63, 3.8) is 0 Å². The van der Waals surface area contributed by atoms with E-state index in [2.05, 4.69) is 5.32 Å². The average Bonchev–Trinajstić information content (AvgIpc) is 3.27. The molecule has 2 aromatic rings. The molecule has 0 saturated carbocycles. The van der Waals surface area contributed by atoms with Crippen LogP contribution < -0.4 is 10.1 Å². The molecule has 3 rings (SSSR count). The van der Waals surface area contributed by atoms with Gasteiger partial charge in [-0.3, -0.25) is 19.3 Å². The molecule has 1 aromatic heterocycles. The minimum atomic E-state index is -0.591. The molecule has 1 aliphatic rings. The number of ether oxygens (including phenoxy) is 1. The summed E-state index contributed by atoms with van der Waals surface area (Å²) in [5, 5.41) is 11.8. The van der Waals surface area contributed by atoms with E-state index in [1.807, 2.05) is 0 Å². The Morgan fingerprint density at radius 2 is 2.21 bits per heavy atom. The van der Waals surface area contributed by atoms with Gasteiger partial charge in [0.2, 0.25) is 5.91 Å². The lowest BCUT2D eigenvalue weighted by atomic mass is 10.2. The second-order valence-corrected chi connectivity index (χ2v) is 7.08. The Labute approximate surface area is 169 Å². The second-order valence-electron chi connectivity index (χ2n) is 5.68. The van der Waals surface area contributed by atoms with Crippen LogP contribution in [-0.4, -0.2) is 40.7 Å². The number of nitrogens with zero attached hydrogens (tertiary/aromatic N) is 1. The molecule has 8 nitrogen and oxygen atoms in total. The maximum atomic E-state index is 12.5. The standard InChI is InChI=1S/C18H15ClN2O6S/c1-26-13-6-10(5-12(19)16(13)23)7-14-17(24)21(18(25)28-14)9-15(22)20-8-11-3-2-4-27-11/h2-7,23H,8-9H2,1H3,(H,20,22)/b14-7-. The van der Waals surface area contributed by atoms with Crippen molar-refractivity contribution in [2.45, 2.75) is 6.54 Å². The Bertz CT molecular complexity index is 957. The number of phenolic OH excluding ortho intramolecular Hbond substituents is 1. The largest absolute Gasteiger partial charge is 0.503 e. The summed E-state index contributed by atoms with van der Waals surface area (Å²) in [5.74, 6) is -0.612. The number of hydrogen-bond acceptors (Lipinski definition) is 7. The van der Waals surface area contributed by atoms with Gasteiger partial charge < -0.3 is 19.6 Å². The first kappa shape index (κ1) is 19.8. The van der Waals surface area contributed by atoms with E-state index >= 15 is 0 Å². The number of methoxy groups -OCH3 is 1. The van der Waals surface area contributed by atoms with E-state index in [0.717, 1.165) is 4.90 Å². The number of nitrogens with one attached hydrogen (secondary N) is 1. The molecule has 3 amide bonds. The molecule has 1 saturated heterocycles. The minimum absolute atomic E-state index is 0.0436. The number of benzene rings is 1. The third-order valence-electron chi connectivity index (χ3n) is 3.78. The zero-order chi connectivity index (χ0) is 20.3. The van der Waals surface area contributed by atoms with Crippen LogP contribution in [0.15, 0.2) is 39.9 Å². The van der Waals surface area contributed by atoms with Crippen LogP contribution >= 0.6 is 23.4 Å². The maximum absolute atomic E-state index is 12.5. The van der Waals surface area contributed by atoms with Crippen LogP contribution in [0, 0.1) is 0 Å². The van der Waals surface area contributed by atoms with Crippen LogP contribution in [0.25, 0.3) is 6.08 Å². The highest BCUT2D eigenvalue weighted by atomic mass is 35.5. The molecule has 10 heteroatoms. The van der Waals surface area contributed by atoms with Gasteiger partial charge in [-0.25, -0.2) is 0 Å². The fraction of sp³-hybridized carbons (Fsp3) is 0.167. The molecular formula is C18H15ClN2O6S. The van der Waals surface area contributed by atoms with Crippen molar-refractivity contribution in [2.24, 2.45) is 0 Å². The highest BCUT2D eigenvalue weighted by Crippen LogP contribution is 2.37. The first-order chi connectivity index (χ1) is 13.4. The van der Waals surface area contributed by atoms with Gasteiger partial charge in [-0.15, -0.1) is 0 Å². The van der Waals surface area contributed by atoms with Crippen molar-refractivity contribution in [3.8, 4) is 11.5 Å². The molecule has 0 radical (unpaired) electrons. The molecular weight excluding hydrogens is 408 g/mol. The number of halogens is 1. The SMILES string of the molecule is COc1cc(/C=C2\SC(=O)N(CC(=O)NCc3ccco3)C2=O)cc(Cl)c1O. The number of imide groups is 1. The van der Waals surface area contributed by atoms with Crippen LogP contribution in [0.2, 0.25) is 5.02 Å². The van der Waals surface area contributed by atoms with E-state index in [-0.39, 0.29) is 28.0 Å². The van der Waals surface area contributed by atoms with Gasteiger partial charge in [-0.05, 0) is 47.7 Å². The van der Waals surface area contributed by atoms with Gasteiger partial charge in [0, 0.05) is 0 Å². The smallest absolute Gasteiger partial charge is 0.294 e. The second kappa shape index (κ2) is 8.41. The van der Waals surface area contributed by atoms with E-state index in [1.54, 1.807) is 12.1 Å². The lowest BCUT2D eigenvalue weighted by Crippen LogP contribution is -2.39. The number of rotatable bonds is 6. The zero-order valence-corrected chi connectivity index (χ0v) is 16.2. The summed E-state index contributed by atoms with van der Waals surface area (Å²) < 4.78 is 10.1. The topological polar surface area (TPSA) is 109 Å². The molecule has 1 aliphatic heterocycles.